The molecule has 2 aliphatic rings. The normalized spacial score (nSPS) is 22.7. The fourth-order valence-corrected chi connectivity index (χ4v) is 4.79. The maximum absolute atomic E-state index is 14.1. The zero-order valence-corrected chi connectivity index (χ0v) is 17.0. The average Bonchev–Trinajstić information content (AvgIpc) is 3.18. The number of hydrogen-bond acceptors (Lipinski definition) is 3. The Morgan fingerprint density at radius 1 is 1.03 bits per heavy atom. The van der Waals surface area contributed by atoms with Gasteiger partial charge >= 0.3 is 0 Å². The van der Waals surface area contributed by atoms with E-state index in [1.54, 1.807) is 29.2 Å². The highest BCUT2D eigenvalue weighted by molar-refractivity contribution is 6.03. The number of amides is 2. The first-order valence-electron chi connectivity index (χ1n) is 10.3. The number of halogens is 3. The van der Waals surface area contributed by atoms with Crippen LogP contribution in [0.25, 0.3) is 0 Å². The molecule has 3 atom stereocenters. The largest absolute Gasteiger partial charge is 0.496 e. The number of para-hydroxylation sites is 1. The van der Waals surface area contributed by atoms with Crippen LogP contribution in [0.2, 0.25) is 0 Å². The first-order valence-corrected chi connectivity index (χ1v) is 10.3. The lowest BCUT2D eigenvalue weighted by atomic mass is 9.84. The maximum Gasteiger partial charge on any atom is 0.258 e. The number of hydrogen-bond donors (Lipinski definition) is 1. The number of nitrogens with one attached hydrogen (secondary N) is 1. The Balaban J connectivity index is 1.65. The van der Waals surface area contributed by atoms with Gasteiger partial charge in [-0.25, -0.2) is 13.2 Å². The first-order chi connectivity index (χ1) is 14.9. The van der Waals surface area contributed by atoms with Gasteiger partial charge in [0.2, 0.25) is 5.91 Å². The van der Waals surface area contributed by atoms with Crippen LogP contribution in [-0.2, 0) is 4.79 Å². The third kappa shape index (κ3) is 3.86. The molecule has 5 nitrogen and oxygen atoms in total. The second-order valence-corrected chi connectivity index (χ2v) is 7.99. The van der Waals surface area contributed by atoms with Crippen molar-refractivity contribution in [1.29, 1.82) is 0 Å². The molecule has 3 unspecified atom stereocenters. The molecule has 0 radical (unpaired) electrons. The van der Waals surface area contributed by atoms with Crippen molar-refractivity contribution in [3.05, 3.63) is 59.4 Å². The van der Waals surface area contributed by atoms with Gasteiger partial charge in [-0.15, -0.1) is 0 Å². The van der Waals surface area contributed by atoms with Gasteiger partial charge in [0.15, 0.2) is 17.5 Å². The van der Waals surface area contributed by atoms with Gasteiger partial charge in [-0.3, -0.25) is 9.59 Å². The van der Waals surface area contributed by atoms with Crippen molar-refractivity contribution < 1.29 is 27.5 Å². The minimum absolute atomic E-state index is 0.114. The summed E-state index contributed by atoms with van der Waals surface area (Å²) >= 11 is 0. The molecule has 31 heavy (non-hydrogen) atoms. The maximum atomic E-state index is 14.1. The van der Waals surface area contributed by atoms with E-state index in [-0.39, 0.29) is 17.9 Å². The number of carbonyl (C=O) groups is 2. The molecule has 0 aromatic heterocycles. The second-order valence-electron chi connectivity index (χ2n) is 7.99. The zero-order chi connectivity index (χ0) is 22.1. The summed E-state index contributed by atoms with van der Waals surface area (Å²) in [5.74, 6) is -4.86. The number of methoxy groups -OCH3 is 1. The van der Waals surface area contributed by atoms with E-state index in [1.807, 2.05) is 0 Å². The Hall–Kier alpha value is -3.03. The van der Waals surface area contributed by atoms with Crippen molar-refractivity contribution in [1.82, 2.24) is 4.90 Å². The molecule has 0 bridgehead atoms. The van der Waals surface area contributed by atoms with E-state index < -0.39 is 35.1 Å². The molecular formula is C23H23F3N2O3. The molecular weight excluding hydrogens is 409 g/mol. The summed E-state index contributed by atoms with van der Waals surface area (Å²) in [6.07, 6.45) is 4.06. The van der Waals surface area contributed by atoms with Crippen molar-refractivity contribution in [3.8, 4) is 5.75 Å². The van der Waals surface area contributed by atoms with Crippen molar-refractivity contribution in [2.45, 2.75) is 44.2 Å². The molecule has 164 valence electrons. The molecule has 2 fully saturated rings. The fraction of sp³-hybridized carbons (Fsp3) is 0.391. The Bertz CT molecular complexity index is 1010. The summed E-state index contributed by atoms with van der Waals surface area (Å²) in [6, 6.07) is 7.54. The van der Waals surface area contributed by atoms with E-state index >= 15 is 0 Å². The second kappa shape index (κ2) is 8.61. The van der Waals surface area contributed by atoms with E-state index in [4.69, 9.17) is 4.74 Å². The van der Waals surface area contributed by atoms with E-state index in [0.29, 0.717) is 17.7 Å². The predicted molar refractivity (Wildman–Crippen MR) is 108 cm³/mol. The van der Waals surface area contributed by atoms with Gasteiger partial charge in [0.25, 0.3) is 5.91 Å². The van der Waals surface area contributed by atoms with Crippen molar-refractivity contribution >= 4 is 17.5 Å². The van der Waals surface area contributed by atoms with E-state index in [9.17, 15) is 22.8 Å². The van der Waals surface area contributed by atoms with Crippen LogP contribution in [-0.4, -0.2) is 35.9 Å². The Morgan fingerprint density at radius 3 is 2.55 bits per heavy atom. The minimum atomic E-state index is -1.65. The van der Waals surface area contributed by atoms with Gasteiger partial charge in [-0.2, -0.15) is 0 Å². The van der Waals surface area contributed by atoms with Crippen molar-refractivity contribution in [3.63, 3.8) is 0 Å². The number of anilines is 1. The number of likely N-dealkylation sites (tertiary alicyclic amines) is 1. The summed E-state index contributed by atoms with van der Waals surface area (Å²) in [7, 11) is 1.47. The topological polar surface area (TPSA) is 58.6 Å². The predicted octanol–water partition coefficient (Wildman–Crippen LogP) is 4.52. The third-order valence-corrected chi connectivity index (χ3v) is 6.26. The molecule has 1 saturated heterocycles. The van der Waals surface area contributed by atoms with Crippen LogP contribution in [0.5, 0.6) is 5.75 Å². The van der Waals surface area contributed by atoms with Crippen molar-refractivity contribution in [2.24, 2.45) is 5.92 Å². The number of nitrogens with zero attached hydrogens (tertiary/aromatic N) is 1. The molecule has 1 N–H and O–H groups in total. The summed E-state index contributed by atoms with van der Waals surface area (Å²) in [5.41, 5.74) is -0.114. The molecule has 0 spiro atoms. The Labute approximate surface area is 178 Å². The average molecular weight is 432 g/mol. The van der Waals surface area contributed by atoms with Gasteiger partial charge in [-0.1, -0.05) is 25.0 Å². The quantitative estimate of drug-likeness (QED) is 0.723. The third-order valence-electron chi connectivity index (χ3n) is 6.26. The van der Waals surface area contributed by atoms with Gasteiger partial charge in [-0.05, 0) is 49.4 Å². The van der Waals surface area contributed by atoms with E-state index in [0.717, 1.165) is 37.8 Å². The van der Waals surface area contributed by atoms with E-state index in [2.05, 4.69) is 5.32 Å². The van der Waals surface area contributed by atoms with Crippen LogP contribution in [0.1, 0.15) is 42.5 Å². The molecule has 2 amide bonds. The molecule has 1 heterocycles. The van der Waals surface area contributed by atoms with Gasteiger partial charge in [0, 0.05) is 6.04 Å². The lowest BCUT2D eigenvalue weighted by Crippen LogP contribution is -2.48. The minimum Gasteiger partial charge on any atom is -0.496 e. The molecule has 1 aliphatic carbocycles. The number of carbonyl (C=O) groups excluding carboxylic acids is 2. The lowest BCUT2D eigenvalue weighted by molar-refractivity contribution is -0.120. The molecule has 2 aromatic carbocycles. The molecule has 4 rings (SSSR count). The number of benzene rings is 2. The van der Waals surface area contributed by atoms with Gasteiger partial charge < -0.3 is 15.0 Å². The summed E-state index contributed by atoms with van der Waals surface area (Å²) in [5, 5.41) is 2.35. The number of fused-ring (bicyclic) bond motifs is 1. The highest BCUT2D eigenvalue weighted by Gasteiger charge is 2.48. The Kier molecular flexibility index (Phi) is 5.89. The monoisotopic (exact) mass is 432 g/mol. The summed E-state index contributed by atoms with van der Waals surface area (Å²) < 4.78 is 46.2. The van der Waals surface area contributed by atoms with Gasteiger partial charge in [0.1, 0.15) is 11.8 Å². The zero-order valence-electron chi connectivity index (χ0n) is 17.0. The van der Waals surface area contributed by atoms with Crippen LogP contribution >= 0.6 is 0 Å². The van der Waals surface area contributed by atoms with E-state index in [1.165, 1.54) is 7.11 Å². The highest BCUT2D eigenvalue weighted by atomic mass is 19.2. The molecule has 1 aliphatic heterocycles. The van der Waals surface area contributed by atoms with Crippen LogP contribution < -0.4 is 10.1 Å². The summed E-state index contributed by atoms with van der Waals surface area (Å²) in [6.45, 7) is 0. The first kappa shape index (κ1) is 21.2. The number of rotatable bonds is 4. The molecule has 2 aromatic rings. The fourth-order valence-electron chi connectivity index (χ4n) is 4.79. The summed E-state index contributed by atoms with van der Waals surface area (Å²) in [4.78, 5) is 28.1. The van der Waals surface area contributed by atoms with Crippen LogP contribution in [0.15, 0.2) is 36.4 Å². The van der Waals surface area contributed by atoms with Crippen LogP contribution in [0, 0.1) is 23.4 Å². The van der Waals surface area contributed by atoms with Crippen LogP contribution in [0.3, 0.4) is 0 Å². The highest BCUT2D eigenvalue weighted by Crippen LogP contribution is 2.41. The lowest BCUT2D eigenvalue weighted by Gasteiger charge is -2.34. The molecule has 8 heteroatoms. The number of ether oxygens (including phenoxy) is 1. The SMILES string of the molecule is COc1ccccc1C(=O)N1C(C(=O)Nc2ccc(F)c(F)c2F)CC2CCCCC21. The van der Waals surface area contributed by atoms with Crippen molar-refractivity contribution in [2.75, 3.05) is 12.4 Å². The molecule has 1 saturated carbocycles. The van der Waals surface area contributed by atoms with Gasteiger partial charge in [0.05, 0.1) is 18.4 Å². The Morgan fingerprint density at radius 2 is 1.77 bits per heavy atom. The van der Waals surface area contributed by atoms with Crippen LogP contribution in [0.4, 0.5) is 18.9 Å². The smallest absolute Gasteiger partial charge is 0.258 e. The standard InChI is InChI=1S/C23H23F3N2O3/c1-31-19-9-5-3-7-14(19)23(30)28-17-8-4-2-6-13(17)12-18(28)22(29)27-16-11-10-15(24)20(25)21(16)26/h3,5,7,9-11,13,17-18H,2,4,6,8,12H2,1H3,(H,27,29).